The zero-order chi connectivity index (χ0) is 13.2. The second-order valence-corrected chi connectivity index (χ2v) is 5.18. The Morgan fingerprint density at radius 3 is 2.95 bits per heavy atom. The highest BCUT2D eigenvalue weighted by molar-refractivity contribution is 7.98. The molecule has 96 valence electrons. The van der Waals surface area contributed by atoms with E-state index in [4.69, 9.17) is 16.6 Å². The maximum Gasteiger partial charge on any atom is 0.257 e. The van der Waals surface area contributed by atoms with E-state index in [1.54, 1.807) is 0 Å². The topological polar surface area (TPSA) is 74.7 Å². The minimum absolute atomic E-state index is 0.211. The van der Waals surface area contributed by atoms with E-state index in [0.717, 1.165) is 16.8 Å². The molecular weight excluding hydrogens is 282 g/mol. The number of benzene rings is 1. The molecule has 0 amide bonds. The number of rotatable bonds is 3. The number of H-pyrrole nitrogens is 2. The number of aromatic amines is 2. The molecule has 2 aromatic heterocycles. The lowest BCUT2D eigenvalue weighted by Crippen LogP contribution is -2.07. The molecule has 0 radical (unpaired) electrons. The monoisotopic (exact) mass is 291 g/mol. The van der Waals surface area contributed by atoms with E-state index in [2.05, 4.69) is 15.0 Å². The maximum atomic E-state index is 11.3. The molecule has 0 saturated carbocycles. The third kappa shape index (κ3) is 2.77. The third-order valence-electron chi connectivity index (χ3n) is 2.44. The molecule has 1 aromatic carbocycles. The fourth-order valence-electron chi connectivity index (χ4n) is 1.65. The van der Waals surface area contributed by atoms with Crippen molar-refractivity contribution in [1.29, 1.82) is 0 Å². The average Bonchev–Trinajstić information content (AvgIpc) is 2.78. The summed E-state index contributed by atoms with van der Waals surface area (Å²) in [5.41, 5.74) is 2.10. The van der Waals surface area contributed by atoms with Crippen molar-refractivity contribution >= 4 is 35.1 Å². The number of hydrogen-bond acceptors (Lipinski definition) is 5. The Labute approximate surface area is 117 Å². The molecule has 0 fully saturated rings. The Morgan fingerprint density at radius 2 is 2.16 bits per heavy atom. The van der Waals surface area contributed by atoms with Crippen molar-refractivity contribution in [1.82, 2.24) is 15.0 Å². The number of aromatic nitrogens is 3. The average molecular weight is 291 g/mol. The number of oxazole rings is 1. The first-order valence-corrected chi connectivity index (χ1v) is 6.91. The van der Waals surface area contributed by atoms with Crippen LogP contribution in [0.1, 0.15) is 5.69 Å². The highest BCUT2D eigenvalue weighted by atomic mass is 32.2. The zero-order valence-corrected chi connectivity index (χ0v) is 11.3. The number of nitrogens with one attached hydrogen (secondary N) is 2. The first-order chi connectivity index (χ1) is 9.20. The lowest BCUT2D eigenvalue weighted by Gasteiger charge is -1.97. The van der Waals surface area contributed by atoms with Gasteiger partial charge in [-0.15, -0.1) is 0 Å². The van der Waals surface area contributed by atoms with Gasteiger partial charge in [-0.3, -0.25) is 9.78 Å². The van der Waals surface area contributed by atoms with Gasteiger partial charge in [0.25, 0.3) is 10.8 Å². The Bertz CT molecular complexity index is 773. The van der Waals surface area contributed by atoms with E-state index in [1.165, 1.54) is 17.8 Å². The highest BCUT2D eigenvalue weighted by Crippen LogP contribution is 2.25. The van der Waals surface area contributed by atoms with E-state index in [1.807, 2.05) is 24.3 Å². The normalized spacial score (nSPS) is 10.9. The van der Waals surface area contributed by atoms with Crippen LogP contribution < -0.4 is 5.56 Å². The van der Waals surface area contributed by atoms with Gasteiger partial charge in [-0.05, 0) is 24.4 Å². The van der Waals surface area contributed by atoms with Crippen molar-refractivity contribution in [3.05, 3.63) is 51.2 Å². The summed E-state index contributed by atoms with van der Waals surface area (Å²) in [6.45, 7) is 0. The van der Waals surface area contributed by atoms with Crippen molar-refractivity contribution in [2.75, 3.05) is 0 Å². The molecule has 0 aliphatic carbocycles. The standard InChI is InChI=1S/C12H9N3O2S2/c16-10-5-7(13-11(18)15-10)6-19-12-14-8-3-1-2-4-9(8)17-12/h1-5H,6H2,(H2,13,15,16,18). The summed E-state index contributed by atoms with van der Waals surface area (Å²) in [6.07, 6.45) is 0. The van der Waals surface area contributed by atoms with Gasteiger partial charge in [-0.1, -0.05) is 23.9 Å². The van der Waals surface area contributed by atoms with E-state index in [0.29, 0.717) is 15.7 Å². The predicted octanol–water partition coefficient (Wildman–Crippen LogP) is 2.87. The van der Waals surface area contributed by atoms with Gasteiger partial charge in [0.15, 0.2) is 10.4 Å². The van der Waals surface area contributed by atoms with Gasteiger partial charge >= 0.3 is 0 Å². The van der Waals surface area contributed by atoms with Crippen LogP contribution in [0.4, 0.5) is 0 Å². The molecular formula is C12H9N3O2S2. The van der Waals surface area contributed by atoms with Crippen LogP contribution in [0.25, 0.3) is 11.1 Å². The van der Waals surface area contributed by atoms with Crippen LogP contribution >= 0.6 is 24.0 Å². The van der Waals surface area contributed by atoms with Crippen LogP contribution in [0.3, 0.4) is 0 Å². The van der Waals surface area contributed by atoms with Gasteiger partial charge in [0.2, 0.25) is 0 Å². The van der Waals surface area contributed by atoms with Crippen LogP contribution in [0.15, 0.2) is 44.8 Å². The second kappa shape index (κ2) is 5.02. The van der Waals surface area contributed by atoms with Crippen molar-refractivity contribution in [2.45, 2.75) is 11.0 Å². The largest absolute Gasteiger partial charge is 0.431 e. The van der Waals surface area contributed by atoms with Gasteiger partial charge in [0.1, 0.15) is 5.52 Å². The lowest BCUT2D eigenvalue weighted by molar-refractivity contribution is 0.489. The van der Waals surface area contributed by atoms with E-state index < -0.39 is 0 Å². The molecule has 0 aliphatic heterocycles. The van der Waals surface area contributed by atoms with Gasteiger partial charge in [-0.25, -0.2) is 4.98 Å². The maximum absolute atomic E-state index is 11.3. The summed E-state index contributed by atoms with van der Waals surface area (Å²) in [7, 11) is 0. The number of fused-ring (bicyclic) bond motifs is 1. The SMILES string of the molecule is O=c1cc(CSc2nc3ccccc3o2)[nH]c(=S)[nH]1. The third-order valence-corrected chi connectivity index (χ3v) is 3.52. The summed E-state index contributed by atoms with van der Waals surface area (Å²) >= 11 is 6.32. The quantitative estimate of drug-likeness (QED) is 0.573. The summed E-state index contributed by atoms with van der Waals surface area (Å²) < 4.78 is 5.90. The number of thioether (sulfide) groups is 1. The van der Waals surface area contributed by atoms with Crippen LogP contribution in [-0.4, -0.2) is 15.0 Å². The van der Waals surface area contributed by atoms with Crippen molar-refractivity contribution < 1.29 is 4.42 Å². The van der Waals surface area contributed by atoms with Gasteiger partial charge in [0.05, 0.1) is 0 Å². The lowest BCUT2D eigenvalue weighted by atomic mass is 10.3. The molecule has 7 heteroatoms. The summed E-state index contributed by atoms with van der Waals surface area (Å²) in [6, 6.07) is 9.05. The molecule has 0 unspecified atom stereocenters. The fourth-order valence-corrected chi connectivity index (χ4v) is 2.63. The molecule has 0 spiro atoms. The van der Waals surface area contributed by atoms with Gasteiger partial charge in [0, 0.05) is 17.5 Å². The molecule has 0 atom stereocenters. The minimum atomic E-state index is -0.211. The Hall–Kier alpha value is -1.86. The molecule has 3 rings (SSSR count). The molecule has 2 heterocycles. The fraction of sp³-hybridized carbons (Fsp3) is 0.0833. The molecule has 2 N–H and O–H groups in total. The van der Waals surface area contributed by atoms with Crippen LogP contribution in [0.5, 0.6) is 0 Å². The van der Waals surface area contributed by atoms with Crippen molar-refractivity contribution in [3.8, 4) is 0 Å². The van der Waals surface area contributed by atoms with E-state index in [9.17, 15) is 4.79 Å². The van der Waals surface area contributed by atoms with Crippen LogP contribution in [-0.2, 0) is 5.75 Å². The molecule has 3 aromatic rings. The number of para-hydroxylation sites is 2. The van der Waals surface area contributed by atoms with Gasteiger partial charge in [-0.2, -0.15) is 0 Å². The van der Waals surface area contributed by atoms with Crippen LogP contribution in [0.2, 0.25) is 0 Å². The highest BCUT2D eigenvalue weighted by Gasteiger charge is 2.06. The molecule has 0 saturated heterocycles. The molecule has 19 heavy (non-hydrogen) atoms. The Morgan fingerprint density at radius 1 is 1.32 bits per heavy atom. The van der Waals surface area contributed by atoms with Crippen molar-refractivity contribution in [3.63, 3.8) is 0 Å². The Kier molecular flexibility index (Phi) is 3.22. The zero-order valence-electron chi connectivity index (χ0n) is 9.67. The van der Waals surface area contributed by atoms with Crippen LogP contribution in [0, 0.1) is 4.77 Å². The molecule has 0 bridgehead atoms. The van der Waals surface area contributed by atoms with E-state index in [-0.39, 0.29) is 5.56 Å². The summed E-state index contributed by atoms with van der Waals surface area (Å²) in [5.74, 6) is 0.542. The second-order valence-electron chi connectivity index (χ2n) is 3.85. The van der Waals surface area contributed by atoms with Gasteiger partial charge < -0.3 is 9.40 Å². The first kappa shape index (κ1) is 12.2. The first-order valence-electron chi connectivity index (χ1n) is 5.51. The minimum Gasteiger partial charge on any atom is -0.431 e. The smallest absolute Gasteiger partial charge is 0.257 e. The Balaban J connectivity index is 1.82. The molecule has 0 aliphatic rings. The van der Waals surface area contributed by atoms with Crippen molar-refractivity contribution in [2.24, 2.45) is 0 Å². The summed E-state index contributed by atoms with van der Waals surface area (Å²) in [4.78, 5) is 21.0. The summed E-state index contributed by atoms with van der Waals surface area (Å²) in [5, 5.41) is 0.570. The molecule has 5 nitrogen and oxygen atoms in total. The van der Waals surface area contributed by atoms with E-state index >= 15 is 0 Å². The predicted molar refractivity (Wildman–Crippen MR) is 75.8 cm³/mol. The number of nitrogens with zero attached hydrogens (tertiary/aromatic N) is 1. The number of hydrogen-bond donors (Lipinski definition) is 2.